The van der Waals surface area contributed by atoms with Crippen molar-refractivity contribution in [2.45, 2.75) is 24.1 Å². The molecule has 0 aliphatic rings. The highest BCUT2D eigenvalue weighted by atomic mass is 79.9. The molecule has 0 saturated carbocycles. The highest BCUT2D eigenvalue weighted by Gasteiger charge is 2.04. The van der Waals surface area contributed by atoms with Crippen LogP contribution in [0.5, 0.6) is 0 Å². The first-order chi connectivity index (χ1) is 8.20. The van der Waals surface area contributed by atoms with Crippen LogP contribution >= 0.6 is 27.7 Å². The molecule has 0 amide bonds. The number of hydrogen-bond acceptors (Lipinski definition) is 3. The van der Waals surface area contributed by atoms with Crippen molar-refractivity contribution in [3.8, 4) is 0 Å². The average Bonchev–Trinajstić information content (AvgIpc) is 2.77. The van der Waals surface area contributed by atoms with Crippen LogP contribution in [0.3, 0.4) is 0 Å². The van der Waals surface area contributed by atoms with Crippen molar-refractivity contribution in [2.24, 2.45) is 0 Å². The average molecular weight is 312 g/mol. The Morgan fingerprint density at radius 2 is 2.29 bits per heavy atom. The van der Waals surface area contributed by atoms with Crippen LogP contribution < -0.4 is 5.73 Å². The number of aryl methyl sites for hydroxylation is 1. The standard InChI is InChI=1S/C12H14BrN3S/c1-2-16-8-15-6-10(16)7-17-12-5-9(13)3-4-11(12)14/h3-6,8H,2,7,14H2,1H3. The summed E-state index contributed by atoms with van der Waals surface area (Å²) in [6.45, 7) is 3.06. The molecule has 0 spiro atoms. The number of nitrogen functional groups attached to an aromatic ring is 1. The number of nitrogens with two attached hydrogens (primary N) is 1. The van der Waals surface area contributed by atoms with Crippen molar-refractivity contribution in [1.82, 2.24) is 9.55 Å². The minimum absolute atomic E-state index is 0.820. The molecule has 2 rings (SSSR count). The molecule has 0 saturated heterocycles. The Morgan fingerprint density at radius 1 is 1.47 bits per heavy atom. The second-order valence-electron chi connectivity index (χ2n) is 3.64. The van der Waals surface area contributed by atoms with Gasteiger partial charge in [-0.2, -0.15) is 0 Å². The third-order valence-corrected chi connectivity index (χ3v) is 4.09. The lowest BCUT2D eigenvalue weighted by molar-refractivity contribution is 0.734. The van der Waals surface area contributed by atoms with Gasteiger partial charge in [0.15, 0.2) is 0 Å². The summed E-state index contributed by atoms with van der Waals surface area (Å²) in [5.74, 6) is 0.883. The van der Waals surface area contributed by atoms with Gasteiger partial charge in [0.1, 0.15) is 0 Å². The molecule has 5 heteroatoms. The minimum Gasteiger partial charge on any atom is -0.398 e. The predicted molar refractivity (Wildman–Crippen MR) is 76.0 cm³/mol. The van der Waals surface area contributed by atoms with Crippen LogP contribution in [0.25, 0.3) is 0 Å². The molecule has 2 aromatic rings. The summed E-state index contributed by atoms with van der Waals surface area (Å²) >= 11 is 5.19. The van der Waals surface area contributed by atoms with Gasteiger partial charge in [-0.3, -0.25) is 0 Å². The summed E-state index contributed by atoms with van der Waals surface area (Å²) in [7, 11) is 0. The number of halogens is 1. The van der Waals surface area contributed by atoms with E-state index in [4.69, 9.17) is 5.73 Å². The van der Waals surface area contributed by atoms with Crippen LogP contribution in [0.4, 0.5) is 5.69 Å². The van der Waals surface area contributed by atoms with E-state index in [1.807, 2.05) is 30.7 Å². The maximum Gasteiger partial charge on any atom is 0.0948 e. The zero-order chi connectivity index (χ0) is 12.3. The van der Waals surface area contributed by atoms with Crippen LogP contribution in [0.1, 0.15) is 12.6 Å². The third kappa shape index (κ3) is 3.04. The van der Waals surface area contributed by atoms with E-state index in [9.17, 15) is 0 Å². The molecule has 0 fully saturated rings. The maximum atomic E-state index is 5.94. The van der Waals surface area contributed by atoms with Crippen molar-refractivity contribution in [2.75, 3.05) is 5.73 Å². The number of nitrogens with zero attached hydrogens (tertiary/aromatic N) is 2. The second-order valence-corrected chi connectivity index (χ2v) is 5.57. The second kappa shape index (κ2) is 5.60. The first kappa shape index (κ1) is 12.5. The smallest absolute Gasteiger partial charge is 0.0948 e. The number of anilines is 1. The first-order valence-corrected chi connectivity index (χ1v) is 7.15. The van der Waals surface area contributed by atoms with E-state index in [1.54, 1.807) is 11.8 Å². The zero-order valence-electron chi connectivity index (χ0n) is 9.56. The first-order valence-electron chi connectivity index (χ1n) is 5.37. The molecule has 1 aromatic carbocycles. The molecule has 90 valence electrons. The van der Waals surface area contributed by atoms with Gasteiger partial charge in [0.25, 0.3) is 0 Å². The highest BCUT2D eigenvalue weighted by molar-refractivity contribution is 9.10. The Bertz CT molecular complexity index is 510. The molecule has 0 aliphatic heterocycles. The van der Waals surface area contributed by atoms with Crippen molar-refractivity contribution in [1.29, 1.82) is 0 Å². The van der Waals surface area contributed by atoms with Gasteiger partial charge in [0.05, 0.1) is 6.33 Å². The van der Waals surface area contributed by atoms with E-state index in [2.05, 4.69) is 32.4 Å². The zero-order valence-corrected chi connectivity index (χ0v) is 12.0. The van der Waals surface area contributed by atoms with Gasteiger partial charge < -0.3 is 10.3 Å². The van der Waals surface area contributed by atoms with Gasteiger partial charge in [0, 0.05) is 39.2 Å². The van der Waals surface area contributed by atoms with Crippen LogP contribution in [-0.4, -0.2) is 9.55 Å². The Morgan fingerprint density at radius 3 is 3.06 bits per heavy atom. The molecular formula is C12H14BrN3S. The normalized spacial score (nSPS) is 10.7. The Hall–Kier alpha value is -0.940. The quantitative estimate of drug-likeness (QED) is 0.694. The number of hydrogen-bond donors (Lipinski definition) is 1. The number of rotatable bonds is 4. The minimum atomic E-state index is 0.820. The molecule has 0 atom stereocenters. The lowest BCUT2D eigenvalue weighted by Gasteiger charge is -2.07. The van der Waals surface area contributed by atoms with Gasteiger partial charge in [-0.15, -0.1) is 11.8 Å². The lowest BCUT2D eigenvalue weighted by atomic mass is 10.3. The molecule has 3 nitrogen and oxygen atoms in total. The molecule has 2 N–H and O–H groups in total. The van der Waals surface area contributed by atoms with Crippen LogP contribution in [-0.2, 0) is 12.3 Å². The summed E-state index contributed by atoms with van der Waals surface area (Å²) in [6.07, 6.45) is 3.77. The lowest BCUT2D eigenvalue weighted by Crippen LogP contribution is -1.97. The molecule has 1 aromatic heterocycles. The van der Waals surface area contributed by atoms with Crippen LogP contribution in [0, 0.1) is 0 Å². The molecule has 0 bridgehead atoms. The predicted octanol–water partition coefficient (Wildman–Crippen LogP) is 3.54. The summed E-state index contributed by atoms with van der Waals surface area (Å²) < 4.78 is 3.19. The molecule has 0 unspecified atom stereocenters. The van der Waals surface area contributed by atoms with E-state index in [1.165, 1.54) is 5.69 Å². The van der Waals surface area contributed by atoms with E-state index >= 15 is 0 Å². The molecular weight excluding hydrogens is 298 g/mol. The Balaban J connectivity index is 2.09. The number of aromatic nitrogens is 2. The maximum absolute atomic E-state index is 5.94. The van der Waals surface area contributed by atoms with Crippen molar-refractivity contribution in [3.05, 3.63) is 40.9 Å². The SMILES string of the molecule is CCn1cncc1CSc1cc(Br)ccc1N. The van der Waals surface area contributed by atoms with Gasteiger partial charge in [-0.05, 0) is 25.1 Å². The van der Waals surface area contributed by atoms with Crippen molar-refractivity contribution >= 4 is 33.4 Å². The molecule has 0 aliphatic carbocycles. The number of imidazole rings is 1. The summed E-state index contributed by atoms with van der Waals surface area (Å²) in [5.41, 5.74) is 7.97. The third-order valence-electron chi connectivity index (χ3n) is 2.49. The van der Waals surface area contributed by atoms with E-state index < -0.39 is 0 Å². The van der Waals surface area contributed by atoms with E-state index in [0.29, 0.717) is 0 Å². The largest absolute Gasteiger partial charge is 0.398 e. The van der Waals surface area contributed by atoms with Gasteiger partial charge in [-0.1, -0.05) is 15.9 Å². The summed E-state index contributed by atoms with van der Waals surface area (Å²) in [4.78, 5) is 5.25. The van der Waals surface area contributed by atoms with Crippen LogP contribution in [0.2, 0.25) is 0 Å². The molecule has 17 heavy (non-hydrogen) atoms. The van der Waals surface area contributed by atoms with Crippen molar-refractivity contribution in [3.63, 3.8) is 0 Å². The summed E-state index contributed by atoms with van der Waals surface area (Å²) in [5, 5.41) is 0. The molecule has 1 heterocycles. The monoisotopic (exact) mass is 311 g/mol. The van der Waals surface area contributed by atoms with Gasteiger partial charge in [-0.25, -0.2) is 4.98 Å². The Kier molecular flexibility index (Phi) is 4.12. The van der Waals surface area contributed by atoms with Gasteiger partial charge in [0.2, 0.25) is 0 Å². The topological polar surface area (TPSA) is 43.8 Å². The van der Waals surface area contributed by atoms with Crippen LogP contribution in [0.15, 0.2) is 40.1 Å². The van der Waals surface area contributed by atoms with Crippen molar-refractivity contribution < 1.29 is 0 Å². The highest BCUT2D eigenvalue weighted by Crippen LogP contribution is 2.30. The fourth-order valence-corrected chi connectivity index (χ4v) is 3.04. The fourth-order valence-electron chi connectivity index (χ4n) is 1.54. The summed E-state index contributed by atoms with van der Waals surface area (Å²) in [6, 6.07) is 5.92. The molecule has 0 radical (unpaired) electrons. The Labute approximate surface area is 114 Å². The fraction of sp³-hybridized carbons (Fsp3) is 0.250. The van der Waals surface area contributed by atoms with Gasteiger partial charge >= 0.3 is 0 Å². The van der Waals surface area contributed by atoms with E-state index in [-0.39, 0.29) is 0 Å². The number of benzene rings is 1. The van der Waals surface area contributed by atoms with E-state index in [0.717, 1.165) is 27.4 Å². The number of thioether (sulfide) groups is 1.